The van der Waals surface area contributed by atoms with Crippen LogP contribution in [-0.2, 0) is 0 Å². The molecular weight excluding hydrogens is 122 g/mol. The van der Waals surface area contributed by atoms with Crippen molar-refractivity contribution < 1.29 is 4.90 Å². The van der Waals surface area contributed by atoms with Crippen molar-refractivity contribution in [3.05, 3.63) is 7.05 Å². The van der Waals surface area contributed by atoms with Crippen LogP contribution in [0.4, 0.5) is 0 Å². The summed E-state index contributed by atoms with van der Waals surface area (Å²) in [5.74, 6) is 1.02. The van der Waals surface area contributed by atoms with Gasteiger partial charge in [-0.1, -0.05) is 19.8 Å². The number of piperidine rings is 1. The average molecular weight is 141 g/mol. The van der Waals surface area contributed by atoms with Crippen LogP contribution in [0.5, 0.6) is 0 Å². The molecule has 1 saturated heterocycles. The van der Waals surface area contributed by atoms with Crippen LogP contribution in [0.3, 0.4) is 0 Å². The molecule has 0 amide bonds. The predicted octanol–water partition coefficient (Wildman–Crippen LogP) is 0.873. The highest BCUT2D eigenvalue weighted by Gasteiger charge is 2.15. The molecule has 0 bridgehead atoms. The Balaban J connectivity index is 2.13. The molecule has 1 aliphatic rings. The first-order valence-electron chi connectivity index (χ1n) is 4.49. The van der Waals surface area contributed by atoms with Gasteiger partial charge in [0.15, 0.2) is 0 Å². The van der Waals surface area contributed by atoms with Crippen LogP contribution < -0.4 is 4.90 Å². The van der Waals surface area contributed by atoms with Gasteiger partial charge >= 0.3 is 0 Å². The molecule has 0 aliphatic carbocycles. The molecule has 1 aliphatic heterocycles. The van der Waals surface area contributed by atoms with Gasteiger partial charge in [0.25, 0.3) is 0 Å². The van der Waals surface area contributed by atoms with Gasteiger partial charge in [-0.3, -0.25) is 0 Å². The normalized spacial score (nSPS) is 34.2. The van der Waals surface area contributed by atoms with E-state index in [1.165, 1.54) is 43.7 Å². The highest BCUT2D eigenvalue weighted by molar-refractivity contribution is 4.60. The number of hydrogen-bond acceptors (Lipinski definition) is 0. The third-order valence-electron chi connectivity index (χ3n) is 2.51. The summed E-state index contributed by atoms with van der Waals surface area (Å²) in [5, 5.41) is 0. The number of quaternary nitrogens is 1. The highest BCUT2D eigenvalue weighted by atomic mass is 15.1. The van der Waals surface area contributed by atoms with Gasteiger partial charge in [0.1, 0.15) is 0 Å². The van der Waals surface area contributed by atoms with Crippen molar-refractivity contribution in [2.24, 2.45) is 5.92 Å². The van der Waals surface area contributed by atoms with Crippen molar-refractivity contribution in [2.75, 3.05) is 13.1 Å². The van der Waals surface area contributed by atoms with E-state index in [0.29, 0.717) is 0 Å². The number of hydrogen-bond donors (Lipinski definition) is 1. The van der Waals surface area contributed by atoms with E-state index >= 15 is 0 Å². The Bertz CT molecular complexity index is 82.7. The van der Waals surface area contributed by atoms with Gasteiger partial charge in [-0.15, -0.1) is 0 Å². The summed E-state index contributed by atoms with van der Waals surface area (Å²) in [6.07, 6.45) is 5.61. The van der Waals surface area contributed by atoms with Gasteiger partial charge in [0, 0.05) is 0 Å². The van der Waals surface area contributed by atoms with E-state index in [-0.39, 0.29) is 0 Å². The Morgan fingerprint density at radius 3 is 2.50 bits per heavy atom. The van der Waals surface area contributed by atoms with Crippen molar-refractivity contribution in [3.8, 4) is 0 Å². The van der Waals surface area contributed by atoms with Crippen LogP contribution in [0.15, 0.2) is 0 Å². The Kier molecular flexibility index (Phi) is 3.20. The highest BCUT2D eigenvalue weighted by Crippen LogP contribution is 2.15. The van der Waals surface area contributed by atoms with Gasteiger partial charge in [-0.25, -0.2) is 0 Å². The van der Waals surface area contributed by atoms with Crippen molar-refractivity contribution in [3.63, 3.8) is 0 Å². The summed E-state index contributed by atoms with van der Waals surface area (Å²) in [7, 11) is 4.01. The molecule has 1 fully saturated rings. The summed E-state index contributed by atoms with van der Waals surface area (Å²) in [4.78, 5) is 1.48. The molecule has 0 aromatic heterocycles. The molecule has 1 heterocycles. The van der Waals surface area contributed by atoms with Crippen molar-refractivity contribution in [1.29, 1.82) is 0 Å². The number of likely N-dealkylation sites (tertiary alicyclic amines) is 1. The Labute approximate surface area is 64.4 Å². The zero-order valence-electron chi connectivity index (χ0n) is 7.03. The van der Waals surface area contributed by atoms with Gasteiger partial charge in [-0.05, 0) is 18.8 Å². The summed E-state index contributed by atoms with van der Waals surface area (Å²) in [6, 6.07) is 0. The van der Waals surface area contributed by atoms with E-state index < -0.39 is 0 Å². The summed E-state index contributed by atoms with van der Waals surface area (Å²) in [5.41, 5.74) is 0. The fourth-order valence-electron chi connectivity index (χ4n) is 1.78. The maximum atomic E-state index is 4.01. The Hall–Kier alpha value is -0.0400. The van der Waals surface area contributed by atoms with Crippen molar-refractivity contribution >= 4 is 0 Å². The first-order valence-corrected chi connectivity index (χ1v) is 4.49. The molecule has 0 aromatic rings. The van der Waals surface area contributed by atoms with Crippen LogP contribution >= 0.6 is 0 Å². The van der Waals surface area contributed by atoms with Gasteiger partial charge in [0.2, 0.25) is 0 Å². The molecule has 0 saturated carbocycles. The molecule has 0 radical (unpaired) electrons. The minimum absolute atomic E-state index is 1.02. The summed E-state index contributed by atoms with van der Waals surface area (Å²) >= 11 is 0. The second-order valence-electron chi connectivity index (χ2n) is 3.48. The predicted molar refractivity (Wildman–Crippen MR) is 43.7 cm³/mol. The quantitative estimate of drug-likeness (QED) is 0.544. The molecule has 60 valence electrons. The zero-order chi connectivity index (χ0) is 7.40. The number of rotatable bonds is 2. The molecule has 1 heteroatoms. The van der Waals surface area contributed by atoms with Crippen molar-refractivity contribution in [2.45, 2.75) is 32.6 Å². The standard InChI is InChI=1S/C9H19N/c1-3-4-9-5-7-10(2)8-6-9/h9-10H,2-8H2,1H3. The fourth-order valence-corrected chi connectivity index (χ4v) is 1.78. The molecule has 0 unspecified atom stereocenters. The Morgan fingerprint density at radius 1 is 1.40 bits per heavy atom. The molecule has 1 nitrogen and oxygen atoms in total. The minimum atomic E-state index is 1.02. The largest absolute Gasteiger partial charge is 0.468 e. The van der Waals surface area contributed by atoms with Gasteiger partial charge in [-0.2, -0.15) is 7.05 Å². The third kappa shape index (κ3) is 2.30. The van der Waals surface area contributed by atoms with E-state index in [2.05, 4.69) is 14.0 Å². The molecule has 1 rings (SSSR count). The maximum absolute atomic E-state index is 4.01. The van der Waals surface area contributed by atoms with Gasteiger partial charge < -0.3 is 4.90 Å². The zero-order valence-corrected chi connectivity index (χ0v) is 7.03. The van der Waals surface area contributed by atoms with E-state index in [4.69, 9.17) is 0 Å². The molecule has 1 N–H and O–H groups in total. The summed E-state index contributed by atoms with van der Waals surface area (Å²) < 4.78 is 0. The van der Waals surface area contributed by atoms with Crippen LogP contribution in [-0.4, -0.2) is 13.1 Å². The van der Waals surface area contributed by atoms with E-state index in [1.807, 2.05) is 0 Å². The van der Waals surface area contributed by atoms with Crippen LogP contribution in [0.1, 0.15) is 32.6 Å². The lowest BCUT2D eigenvalue weighted by molar-refractivity contribution is -0.860. The molecule has 0 atom stereocenters. The van der Waals surface area contributed by atoms with E-state index in [0.717, 1.165) is 5.92 Å². The second kappa shape index (κ2) is 3.97. The third-order valence-corrected chi connectivity index (χ3v) is 2.51. The lowest BCUT2D eigenvalue weighted by atomic mass is 9.93. The van der Waals surface area contributed by atoms with Crippen LogP contribution in [0.2, 0.25) is 0 Å². The van der Waals surface area contributed by atoms with Crippen LogP contribution in [0, 0.1) is 13.0 Å². The first-order chi connectivity index (χ1) is 4.83. The van der Waals surface area contributed by atoms with Crippen LogP contribution in [0.25, 0.3) is 0 Å². The lowest BCUT2D eigenvalue weighted by Gasteiger charge is -2.30. The fraction of sp³-hybridized carbons (Fsp3) is 0.889. The average Bonchev–Trinajstić information content (AvgIpc) is 1.95. The monoisotopic (exact) mass is 141 g/mol. The smallest absolute Gasteiger partial charge is 0.0533 e. The number of nitrogens with one attached hydrogen (secondary N) is 1. The first kappa shape index (κ1) is 8.06. The van der Waals surface area contributed by atoms with Gasteiger partial charge in [0.05, 0.1) is 13.1 Å². The Morgan fingerprint density at radius 2 is 2.00 bits per heavy atom. The van der Waals surface area contributed by atoms with Crippen molar-refractivity contribution in [1.82, 2.24) is 0 Å². The lowest BCUT2D eigenvalue weighted by Crippen LogP contribution is -3.08. The SMILES string of the molecule is [CH2-][NH+]1CCC(CCC)CC1. The van der Waals surface area contributed by atoms with E-state index in [9.17, 15) is 0 Å². The molecule has 0 aromatic carbocycles. The minimum Gasteiger partial charge on any atom is -0.468 e. The summed E-state index contributed by atoms with van der Waals surface area (Å²) in [6.45, 7) is 4.87. The topological polar surface area (TPSA) is 4.44 Å². The maximum Gasteiger partial charge on any atom is 0.0533 e. The van der Waals surface area contributed by atoms with E-state index in [1.54, 1.807) is 0 Å². The molecule has 0 spiro atoms. The second-order valence-corrected chi connectivity index (χ2v) is 3.48. The molecular formula is C9H19N. The molecule has 10 heavy (non-hydrogen) atoms.